The summed E-state index contributed by atoms with van der Waals surface area (Å²) in [5.74, 6) is 2.79. The molecule has 420 valence electrons. The molecule has 6 aromatic rings. The van der Waals surface area contributed by atoms with Crippen molar-refractivity contribution in [2.75, 3.05) is 89.6 Å². The van der Waals surface area contributed by atoms with Crippen LogP contribution >= 0.6 is 0 Å². The Morgan fingerprint density at radius 3 is 2.42 bits per heavy atom. The maximum atomic E-state index is 17.0. The predicted octanol–water partition coefficient (Wildman–Crippen LogP) is 9.59. The first-order valence-corrected chi connectivity index (χ1v) is 28.6. The van der Waals surface area contributed by atoms with Crippen molar-refractivity contribution < 1.29 is 37.4 Å². The van der Waals surface area contributed by atoms with Crippen molar-refractivity contribution in [1.29, 1.82) is 0 Å². The standard InChI is InChI=1S/C35H33F2N5O2.C27H39N5O4/c1-3-24-26(36)11-10-22-8-4-9-25(27(22)24)31-29(37)32-28-30(38-31)21(2)18-23-19-43-17-7-16-42(23)33(28)40-34(39-32)44-20-35-12-5-14-41(35)15-6-13-35;1-28-26(34)23(5-4-16-33)25-22-7-6-21(18-24(22)30(2)29-25)31-12-8-19(9-13-31)17-20-10-14-32(15-11-20)27(35)36-3/h1,4,8-11,18,23H,5-7,12-17,19-20H2,2H3;6-7,16,18-20,23H,4-5,8-15,17H2,1-3H3,(H,28,34). The smallest absolute Gasteiger partial charge is 0.409 e. The molecular formula is C62H72F2N10O6. The zero-order valence-corrected chi connectivity index (χ0v) is 46.4. The number of carbonyl (C=O) groups excluding carboxylic acids is 3. The molecule has 3 aromatic heterocycles. The average molecular weight is 1090 g/mol. The Bertz CT molecular complexity index is 3390. The SMILES string of the molecule is C#Cc1c(F)ccc2cccc(-c3nc4c5c(nc(OCC67CCCN6CCC7)nc5c3F)N3CCCOCC3C=C4C)c12.CNC(=O)C(CCC=O)c1nn(C)c2cc(N3CCC(CC4CCN(C(=O)OC)CC4)CC3)ccc12. The van der Waals surface area contributed by atoms with E-state index in [-0.39, 0.29) is 46.4 Å². The van der Waals surface area contributed by atoms with E-state index in [2.05, 4.69) is 55.3 Å². The van der Waals surface area contributed by atoms with Crippen LogP contribution in [0, 0.1) is 35.8 Å². The molecule has 9 heterocycles. The molecule has 18 heteroatoms. The fourth-order valence-electron chi connectivity index (χ4n) is 13.7. The molecule has 0 bridgehead atoms. The zero-order chi connectivity index (χ0) is 55.7. The topological polar surface area (TPSA) is 160 Å². The quantitative estimate of drug-likeness (QED) is 0.0913. The fourth-order valence-corrected chi connectivity index (χ4v) is 13.7. The third-order valence-electron chi connectivity index (χ3n) is 17.9. The summed E-state index contributed by atoms with van der Waals surface area (Å²) in [7, 11) is 4.98. The molecule has 6 aliphatic heterocycles. The number of ether oxygens (including phenoxy) is 3. The molecule has 0 spiro atoms. The van der Waals surface area contributed by atoms with Crippen LogP contribution in [0.15, 0.2) is 54.6 Å². The van der Waals surface area contributed by atoms with Gasteiger partial charge in [-0.3, -0.25) is 14.4 Å². The first kappa shape index (κ1) is 54.7. The molecule has 5 fully saturated rings. The van der Waals surface area contributed by atoms with E-state index in [1.807, 2.05) is 29.6 Å². The second kappa shape index (κ2) is 23.5. The Balaban J connectivity index is 0.000000173. The fraction of sp³-hybridized carbons (Fsp3) is 0.500. The van der Waals surface area contributed by atoms with Crippen LogP contribution in [0.25, 0.3) is 49.4 Å². The molecule has 2 unspecified atom stereocenters. The summed E-state index contributed by atoms with van der Waals surface area (Å²) in [6.07, 6.45) is 20.3. The molecule has 5 saturated heterocycles. The van der Waals surface area contributed by atoms with E-state index < -0.39 is 17.6 Å². The van der Waals surface area contributed by atoms with Crippen LogP contribution in [0.4, 0.5) is 25.1 Å². The van der Waals surface area contributed by atoms with Gasteiger partial charge in [-0.25, -0.2) is 18.6 Å². The van der Waals surface area contributed by atoms with Crippen LogP contribution in [-0.2, 0) is 26.1 Å². The molecule has 12 rings (SSSR count). The summed E-state index contributed by atoms with van der Waals surface area (Å²) >= 11 is 0. The molecule has 80 heavy (non-hydrogen) atoms. The first-order valence-electron chi connectivity index (χ1n) is 28.6. The summed E-state index contributed by atoms with van der Waals surface area (Å²) in [5, 5.41) is 10.1. The number of anilines is 2. The summed E-state index contributed by atoms with van der Waals surface area (Å²) < 4.78 is 51.0. The van der Waals surface area contributed by atoms with E-state index >= 15 is 4.39 Å². The number of piperidine rings is 2. The Morgan fingerprint density at radius 1 is 0.938 bits per heavy atom. The summed E-state index contributed by atoms with van der Waals surface area (Å²) in [6, 6.07) is 14.8. The van der Waals surface area contributed by atoms with Crippen molar-refractivity contribution in [2.24, 2.45) is 18.9 Å². The number of likely N-dealkylation sites (tertiary alicyclic amines) is 1. The molecule has 16 nitrogen and oxygen atoms in total. The lowest BCUT2D eigenvalue weighted by atomic mass is 9.83. The third-order valence-corrected chi connectivity index (χ3v) is 17.9. The maximum Gasteiger partial charge on any atom is 0.409 e. The van der Waals surface area contributed by atoms with Crippen molar-refractivity contribution in [3.05, 3.63) is 83.2 Å². The van der Waals surface area contributed by atoms with Crippen molar-refractivity contribution in [2.45, 2.75) is 101 Å². The minimum Gasteiger partial charge on any atom is -0.461 e. The molecule has 0 aliphatic carbocycles. The minimum absolute atomic E-state index is 0.0185. The number of pyridine rings is 1. The number of allylic oxidation sites excluding steroid dienone is 1. The maximum absolute atomic E-state index is 17.0. The Kier molecular flexibility index (Phi) is 16.0. The number of carbonyl (C=O) groups is 3. The molecule has 0 radical (unpaired) electrons. The number of aromatic nitrogens is 5. The van der Waals surface area contributed by atoms with Crippen molar-refractivity contribution in [3.8, 4) is 29.6 Å². The lowest BCUT2D eigenvalue weighted by Gasteiger charge is -2.37. The molecule has 6 aliphatic rings. The summed E-state index contributed by atoms with van der Waals surface area (Å²) in [5.41, 5.74) is 5.03. The van der Waals surface area contributed by atoms with Gasteiger partial charge in [0.2, 0.25) is 5.91 Å². The third kappa shape index (κ3) is 10.5. The van der Waals surface area contributed by atoms with Gasteiger partial charge in [-0.1, -0.05) is 36.3 Å². The Morgan fingerprint density at radius 2 is 1.70 bits per heavy atom. The molecule has 1 N–H and O–H groups in total. The van der Waals surface area contributed by atoms with Crippen molar-refractivity contribution >= 4 is 67.9 Å². The number of aldehydes is 1. The van der Waals surface area contributed by atoms with E-state index in [0.29, 0.717) is 78.4 Å². The number of hydrogen-bond acceptors (Lipinski definition) is 13. The zero-order valence-electron chi connectivity index (χ0n) is 46.4. The largest absolute Gasteiger partial charge is 0.461 e. The number of halogens is 2. The number of nitrogens with zero attached hydrogens (tertiary/aromatic N) is 9. The molecular weight excluding hydrogens is 1020 g/mol. The molecule has 2 atom stereocenters. The van der Waals surface area contributed by atoms with Gasteiger partial charge in [0.1, 0.15) is 35.7 Å². The van der Waals surface area contributed by atoms with Gasteiger partial charge in [-0.15, -0.1) is 6.42 Å². The first-order chi connectivity index (χ1) is 38.9. The summed E-state index contributed by atoms with van der Waals surface area (Å²) in [6.45, 7) is 10.1. The van der Waals surface area contributed by atoms with Gasteiger partial charge in [0.15, 0.2) is 5.82 Å². The second-order valence-electron chi connectivity index (χ2n) is 22.6. The molecule has 2 amide bonds. The highest BCUT2D eigenvalue weighted by Gasteiger charge is 2.45. The lowest BCUT2D eigenvalue weighted by Crippen LogP contribution is -2.43. The van der Waals surface area contributed by atoms with Gasteiger partial charge < -0.3 is 39.0 Å². The second-order valence-corrected chi connectivity index (χ2v) is 22.6. The Hall–Kier alpha value is -7.23. The van der Waals surface area contributed by atoms with Crippen LogP contribution in [0.1, 0.15) is 107 Å². The number of rotatable bonds is 12. The highest BCUT2D eigenvalue weighted by molar-refractivity contribution is 6.05. The van der Waals surface area contributed by atoms with E-state index in [1.165, 1.54) is 38.1 Å². The van der Waals surface area contributed by atoms with Crippen LogP contribution in [0.5, 0.6) is 6.01 Å². The van der Waals surface area contributed by atoms with Crippen LogP contribution in [0.3, 0.4) is 0 Å². The van der Waals surface area contributed by atoms with Crippen molar-refractivity contribution in [1.82, 2.24) is 39.8 Å². The van der Waals surface area contributed by atoms with Gasteiger partial charge in [-0.2, -0.15) is 15.1 Å². The van der Waals surface area contributed by atoms with E-state index in [1.54, 1.807) is 25.2 Å². The Labute approximate surface area is 466 Å². The van der Waals surface area contributed by atoms with E-state index in [0.717, 1.165) is 119 Å². The van der Waals surface area contributed by atoms with Crippen LogP contribution in [-0.4, -0.2) is 144 Å². The number of terminal acetylenes is 1. The van der Waals surface area contributed by atoms with E-state index in [9.17, 15) is 18.8 Å². The number of benzene rings is 3. The van der Waals surface area contributed by atoms with Gasteiger partial charge >= 0.3 is 12.1 Å². The van der Waals surface area contributed by atoms with E-state index in [4.69, 9.17) is 35.6 Å². The number of hydrogen-bond donors (Lipinski definition) is 1. The van der Waals surface area contributed by atoms with Crippen LogP contribution in [0.2, 0.25) is 0 Å². The number of fused-ring (bicyclic) bond motifs is 5. The summed E-state index contributed by atoms with van der Waals surface area (Å²) in [4.78, 5) is 58.8. The number of methoxy groups -OCH3 is 1. The molecule has 3 aromatic carbocycles. The highest BCUT2D eigenvalue weighted by atomic mass is 19.1. The minimum atomic E-state index is -0.615. The van der Waals surface area contributed by atoms with Gasteiger partial charge in [0, 0.05) is 81.9 Å². The van der Waals surface area contributed by atoms with Gasteiger partial charge in [0.05, 0.1) is 59.1 Å². The predicted molar refractivity (Wildman–Crippen MR) is 306 cm³/mol. The highest BCUT2D eigenvalue weighted by Crippen LogP contribution is 2.44. The number of nitrogens with one attached hydrogen (secondary N) is 1. The number of likely N-dealkylation sites (N-methyl/N-ethyl adjacent to an activating group) is 1. The van der Waals surface area contributed by atoms with Crippen molar-refractivity contribution in [3.63, 3.8) is 0 Å². The number of amides is 2. The average Bonchev–Trinajstić information content (AvgIpc) is 4.25. The molecule has 0 saturated carbocycles. The van der Waals surface area contributed by atoms with Gasteiger partial charge in [-0.05, 0) is 138 Å². The van der Waals surface area contributed by atoms with Crippen LogP contribution < -0.4 is 19.9 Å². The monoisotopic (exact) mass is 1090 g/mol. The lowest BCUT2D eigenvalue weighted by molar-refractivity contribution is -0.122. The van der Waals surface area contributed by atoms with Gasteiger partial charge in [0.25, 0.3) is 0 Å². The number of aryl methyl sites for hydroxylation is 1. The normalized spacial score (nSPS) is 19.8.